The summed E-state index contributed by atoms with van der Waals surface area (Å²) in [5.74, 6) is -1.09. The number of nitrogens with zero attached hydrogens (tertiary/aromatic N) is 5. The first-order valence-corrected chi connectivity index (χ1v) is 16.9. The Morgan fingerprint density at radius 3 is 2.63 bits per heavy atom. The highest BCUT2D eigenvalue weighted by atomic mass is 31.2. The summed E-state index contributed by atoms with van der Waals surface area (Å²) in [7, 11) is -9.83. The molecule has 0 aromatic carbocycles. The maximum absolute atomic E-state index is 13.0. The topological polar surface area (TPSA) is 326 Å². The maximum Gasteiger partial charge on any atom is 0.472 e. The van der Waals surface area contributed by atoms with Crippen molar-refractivity contribution in [3.05, 3.63) is 24.9 Å². The van der Waals surface area contributed by atoms with Crippen LogP contribution in [0.3, 0.4) is 0 Å². The SMILES string of the molecule is C[C@H](O)C(=O)O[C@@H]1[C@H](O)[C@@H](COP(=O)(O)O[C@H]2C[C@H](N3C=CC(N)NC3=O)O[C@@H]2CP(=O)(O)O)O[C@H]1n1cnc2c(N)ncnc21. The molecule has 2 unspecified atom stereocenters. The molecule has 0 aliphatic carbocycles. The number of fused-ring (bicyclic) bond motifs is 1. The number of imidazole rings is 1. The number of aliphatic hydroxyl groups excluding tert-OH is 2. The van der Waals surface area contributed by atoms with Crippen LogP contribution in [0.2, 0.25) is 0 Å². The number of nitrogen functional groups attached to an aromatic ring is 1. The van der Waals surface area contributed by atoms with Crippen LogP contribution in [0.25, 0.3) is 11.2 Å². The smallest absolute Gasteiger partial charge is 0.453 e. The number of hydrogen-bond acceptors (Lipinski definition) is 16. The number of rotatable bonds is 11. The van der Waals surface area contributed by atoms with E-state index in [0.717, 1.165) is 18.2 Å². The number of esters is 1. The fraction of sp³-hybridized carbons (Fsp3) is 0.591. The summed E-state index contributed by atoms with van der Waals surface area (Å²) in [4.78, 5) is 67.3. The summed E-state index contributed by atoms with van der Waals surface area (Å²) in [6.07, 6.45) is -8.53. The molecule has 2 aromatic heterocycles. The lowest BCUT2D eigenvalue weighted by molar-refractivity contribution is -0.167. The Bertz CT molecular complexity index is 1590. The monoisotopic (exact) mass is 694 g/mol. The number of aliphatic hydroxyl groups is 2. The Morgan fingerprint density at radius 2 is 1.96 bits per heavy atom. The molecule has 5 heterocycles. The van der Waals surface area contributed by atoms with Crippen molar-refractivity contribution in [2.45, 2.75) is 68.6 Å². The van der Waals surface area contributed by atoms with E-state index >= 15 is 0 Å². The quantitative estimate of drug-likeness (QED) is 0.0895. The fourth-order valence-corrected chi connectivity index (χ4v) is 6.74. The molecule has 254 valence electrons. The van der Waals surface area contributed by atoms with Gasteiger partial charge in [0.15, 0.2) is 23.8 Å². The Morgan fingerprint density at radius 1 is 1.22 bits per heavy atom. The van der Waals surface area contributed by atoms with Crippen molar-refractivity contribution in [2.24, 2.45) is 5.73 Å². The highest BCUT2D eigenvalue weighted by Crippen LogP contribution is 2.50. The predicted molar refractivity (Wildman–Crippen MR) is 150 cm³/mol. The number of phosphoric ester groups is 1. The number of carbonyl (C=O) groups excluding carboxylic acids is 2. The first-order chi connectivity index (χ1) is 21.5. The zero-order valence-corrected chi connectivity index (χ0v) is 25.6. The Kier molecular flexibility index (Phi) is 9.81. The summed E-state index contributed by atoms with van der Waals surface area (Å²) in [5, 5.41) is 23.1. The van der Waals surface area contributed by atoms with Crippen LogP contribution < -0.4 is 16.8 Å². The minimum Gasteiger partial charge on any atom is -0.453 e. The Balaban J connectivity index is 1.30. The van der Waals surface area contributed by atoms with Gasteiger partial charge < -0.3 is 55.9 Å². The van der Waals surface area contributed by atoms with Crippen LogP contribution in [0, 0.1) is 0 Å². The van der Waals surface area contributed by atoms with E-state index in [1.807, 2.05) is 0 Å². The molecule has 5 rings (SSSR count). The van der Waals surface area contributed by atoms with Gasteiger partial charge in [0.05, 0.1) is 31.4 Å². The normalized spacial score (nSPS) is 32.0. The molecular formula is C22H32N8O14P2. The number of phosphoric acid groups is 1. The van der Waals surface area contributed by atoms with Gasteiger partial charge in [-0.2, -0.15) is 0 Å². The lowest BCUT2D eigenvalue weighted by Crippen LogP contribution is -2.52. The van der Waals surface area contributed by atoms with Gasteiger partial charge in [-0.05, 0) is 13.0 Å². The fourth-order valence-electron chi connectivity index (χ4n) is 4.99. The van der Waals surface area contributed by atoms with Gasteiger partial charge in [0.1, 0.15) is 42.5 Å². The molecule has 0 radical (unpaired) electrons. The number of nitrogens with one attached hydrogen (secondary N) is 1. The van der Waals surface area contributed by atoms with Gasteiger partial charge >= 0.3 is 27.4 Å². The number of nitrogens with two attached hydrogens (primary N) is 2. The second-order valence-corrected chi connectivity index (χ2v) is 13.7. The molecule has 24 heteroatoms. The Hall–Kier alpha value is -3.11. The van der Waals surface area contributed by atoms with Gasteiger partial charge in [-0.25, -0.2) is 29.1 Å². The second kappa shape index (κ2) is 13.2. The van der Waals surface area contributed by atoms with Crippen LogP contribution in [-0.4, -0.2) is 123 Å². The molecule has 10 atom stereocenters. The zero-order chi connectivity index (χ0) is 33.6. The highest BCUT2D eigenvalue weighted by Gasteiger charge is 2.50. The molecule has 0 spiro atoms. The number of carbonyl (C=O) groups is 2. The number of amides is 2. The largest absolute Gasteiger partial charge is 0.472 e. The van der Waals surface area contributed by atoms with E-state index in [1.165, 1.54) is 23.2 Å². The third kappa shape index (κ3) is 7.54. The van der Waals surface area contributed by atoms with Crippen molar-refractivity contribution in [1.82, 2.24) is 29.7 Å². The summed E-state index contributed by atoms with van der Waals surface area (Å²) in [6, 6.07) is -0.688. The van der Waals surface area contributed by atoms with Crippen molar-refractivity contribution < 1.29 is 66.9 Å². The minimum atomic E-state index is -5.09. The molecule has 10 N–H and O–H groups in total. The molecule has 46 heavy (non-hydrogen) atoms. The lowest BCUT2D eigenvalue weighted by atomic mass is 10.1. The van der Waals surface area contributed by atoms with Crippen LogP contribution in [0.5, 0.6) is 0 Å². The number of urea groups is 1. The molecule has 22 nitrogen and oxygen atoms in total. The average Bonchev–Trinajstić information content (AvgIpc) is 3.63. The first-order valence-electron chi connectivity index (χ1n) is 13.6. The average molecular weight is 694 g/mol. The number of anilines is 1. The third-order valence-electron chi connectivity index (χ3n) is 7.13. The zero-order valence-electron chi connectivity index (χ0n) is 23.8. The van der Waals surface area contributed by atoms with Gasteiger partial charge in [-0.15, -0.1) is 0 Å². The minimum absolute atomic E-state index is 0.0220. The van der Waals surface area contributed by atoms with Crippen LogP contribution in [0.4, 0.5) is 10.6 Å². The van der Waals surface area contributed by atoms with Crippen LogP contribution in [-0.2, 0) is 37.2 Å². The third-order valence-corrected chi connectivity index (χ3v) is 8.97. The van der Waals surface area contributed by atoms with Gasteiger partial charge in [-0.1, -0.05) is 0 Å². The molecule has 2 saturated heterocycles. The van der Waals surface area contributed by atoms with E-state index in [0.29, 0.717) is 0 Å². The van der Waals surface area contributed by atoms with Gasteiger partial charge in [-0.3, -0.25) is 23.1 Å². The van der Waals surface area contributed by atoms with Crippen LogP contribution in [0.15, 0.2) is 24.9 Å². The van der Waals surface area contributed by atoms with Crippen molar-refractivity contribution >= 4 is 44.4 Å². The van der Waals surface area contributed by atoms with Crippen molar-refractivity contribution in [2.75, 3.05) is 18.5 Å². The molecular weight excluding hydrogens is 662 g/mol. The summed E-state index contributed by atoms with van der Waals surface area (Å²) in [5.41, 5.74) is 11.8. The molecule has 3 aliphatic heterocycles. The van der Waals surface area contributed by atoms with E-state index in [4.69, 9.17) is 34.7 Å². The maximum atomic E-state index is 13.0. The van der Waals surface area contributed by atoms with Crippen LogP contribution in [0.1, 0.15) is 19.6 Å². The lowest BCUT2D eigenvalue weighted by Gasteiger charge is -2.30. The molecule has 2 amide bonds. The Labute approximate surface area is 259 Å². The summed E-state index contributed by atoms with van der Waals surface area (Å²) in [6.45, 7) is 0.313. The van der Waals surface area contributed by atoms with Crippen molar-refractivity contribution in [3.63, 3.8) is 0 Å². The van der Waals surface area contributed by atoms with Gasteiger partial charge in [0, 0.05) is 12.6 Å². The van der Waals surface area contributed by atoms with E-state index in [9.17, 15) is 43.6 Å². The molecule has 0 bridgehead atoms. The van der Waals surface area contributed by atoms with Crippen LogP contribution >= 0.6 is 15.4 Å². The van der Waals surface area contributed by atoms with Crippen molar-refractivity contribution in [3.8, 4) is 0 Å². The summed E-state index contributed by atoms with van der Waals surface area (Å²) >= 11 is 0. The molecule has 2 fully saturated rings. The predicted octanol–water partition coefficient (Wildman–Crippen LogP) is -2.42. The number of aromatic nitrogens is 4. The molecule has 3 aliphatic rings. The number of ether oxygens (including phenoxy) is 3. The summed E-state index contributed by atoms with van der Waals surface area (Å²) < 4.78 is 53.1. The second-order valence-electron chi connectivity index (χ2n) is 10.6. The highest BCUT2D eigenvalue weighted by molar-refractivity contribution is 7.51. The van der Waals surface area contributed by atoms with E-state index in [2.05, 4.69) is 20.3 Å². The number of hydrogen-bond donors (Lipinski definition) is 8. The first kappa shape index (κ1) is 34.2. The van der Waals surface area contributed by atoms with E-state index < -0.39 is 95.4 Å². The molecule has 2 aromatic rings. The van der Waals surface area contributed by atoms with E-state index in [1.54, 1.807) is 0 Å². The molecule has 0 saturated carbocycles. The van der Waals surface area contributed by atoms with Gasteiger partial charge in [0.2, 0.25) is 0 Å². The standard InChI is InChI=1S/C22H32N8O14P2/c1-9(31)21(33)43-17-16(32)11(42-20(17)30-8-27-15-18(24)25-7-26-19(15)30)5-40-46(38,39)44-10-4-14(41-12(10)6-45(35,36)37)29-3-2-13(23)28-22(29)34/h2-3,7-14,16-17,20,31-32H,4-6,23H2,1H3,(H,28,34)(H,38,39)(H2,24,25,26)(H2,35,36,37)/t9-,10-,11+,12+,13?,14+,16+,17+,20+/m0/s1. The van der Waals surface area contributed by atoms with E-state index in [-0.39, 0.29) is 23.4 Å². The van der Waals surface area contributed by atoms with Gasteiger partial charge in [0.25, 0.3) is 0 Å². The van der Waals surface area contributed by atoms with Crippen molar-refractivity contribution in [1.29, 1.82) is 0 Å².